The third kappa shape index (κ3) is 6.09. The summed E-state index contributed by atoms with van der Waals surface area (Å²) < 4.78 is 28.0. The summed E-state index contributed by atoms with van der Waals surface area (Å²) in [4.78, 5) is 14.8. The Hall–Kier alpha value is -2.52. The third-order valence-electron chi connectivity index (χ3n) is 5.81. The van der Waals surface area contributed by atoms with Gasteiger partial charge in [0.25, 0.3) is 0 Å². The molecule has 33 heavy (non-hydrogen) atoms. The van der Waals surface area contributed by atoms with Gasteiger partial charge in [-0.05, 0) is 42.0 Å². The van der Waals surface area contributed by atoms with Crippen LogP contribution in [-0.4, -0.2) is 37.4 Å². The molecule has 2 aromatic carbocycles. The summed E-state index contributed by atoms with van der Waals surface area (Å²) in [5.41, 5.74) is 1.10. The number of rotatable bonds is 9. The second-order valence-electron chi connectivity index (χ2n) is 8.15. The van der Waals surface area contributed by atoms with Gasteiger partial charge in [-0.1, -0.05) is 61.0 Å². The highest BCUT2D eigenvalue weighted by molar-refractivity contribution is 7.89. The van der Waals surface area contributed by atoms with E-state index in [9.17, 15) is 13.2 Å². The van der Waals surface area contributed by atoms with Crippen molar-refractivity contribution in [3.63, 3.8) is 0 Å². The molecule has 3 aromatic rings. The van der Waals surface area contributed by atoms with Crippen LogP contribution in [0.2, 0.25) is 0 Å². The van der Waals surface area contributed by atoms with Gasteiger partial charge in [0, 0.05) is 24.4 Å². The van der Waals surface area contributed by atoms with Crippen molar-refractivity contribution in [3.05, 3.63) is 88.6 Å². The lowest BCUT2D eigenvalue weighted by Crippen LogP contribution is -2.56. The predicted octanol–water partition coefficient (Wildman–Crippen LogP) is 3.77. The summed E-state index contributed by atoms with van der Waals surface area (Å²) in [5.74, 6) is -0.256. The molecule has 0 aliphatic carbocycles. The number of sulfonamides is 1. The van der Waals surface area contributed by atoms with Gasteiger partial charge in [0.1, 0.15) is 6.04 Å². The molecule has 0 radical (unpaired) electrons. The van der Waals surface area contributed by atoms with Gasteiger partial charge in [-0.2, -0.15) is 4.31 Å². The predicted molar refractivity (Wildman–Crippen MR) is 131 cm³/mol. The SMILES string of the molecule is O=C(N[C@@H](Cc1ccccc1)NCc1cccs1)[C@@H]1CCCCN1S(=O)(=O)c1ccccc1. The molecular weight excluding hydrogens is 454 g/mol. The molecule has 1 saturated heterocycles. The lowest BCUT2D eigenvalue weighted by Gasteiger charge is -2.34. The number of amides is 1. The maximum absolute atomic E-state index is 13.4. The first-order chi connectivity index (χ1) is 16.0. The van der Waals surface area contributed by atoms with Crippen LogP contribution < -0.4 is 10.6 Å². The number of hydrogen-bond donors (Lipinski definition) is 2. The summed E-state index contributed by atoms with van der Waals surface area (Å²) in [7, 11) is -3.74. The summed E-state index contributed by atoms with van der Waals surface area (Å²) >= 11 is 1.66. The van der Waals surface area contributed by atoms with E-state index in [1.807, 2.05) is 47.8 Å². The van der Waals surface area contributed by atoms with Gasteiger partial charge in [-0.25, -0.2) is 8.42 Å². The zero-order valence-corrected chi connectivity index (χ0v) is 20.0. The first-order valence-corrected chi connectivity index (χ1v) is 13.5. The van der Waals surface area contributed by atoms with Crippen molar-refractivity contribution >= 4 is 27.3 Å². The van der Waals surface area contributed by atoms with Gasteiger partial charge < -0.3 is 5.32 Å². The minimum Gasteiger partial charge on any atom is -0.339 e. The minimum atomic E-state index is -3.74. The molecule has 2 atom stereocenters. The molecule has 0 unspecified atom stereocenters. The molecule has 174 valence electrons. The first kappa shape index (κ1) is 23.6. The summed E-state index contributed by atoms with van der Waals surface area (Å²) in [6.45, 7) is 0.980. The van der Waals surface area contributed by atoms with Gasteiger partial charge in [0.05, 0.1) is 11.1 Å². The molecule has 1 amide bonds. The van der Waals surface area contributed by atoms with E-state index in [0.717, 1.165) is 18.4 Å². The van der Waals surface area contributed by atoms with E-state index in [1.165, 1.54) is 9.18 Å². The molecule has 4 rings (SSSR count). The van der Waals surface area contributed by atoms with Crippen molar-refractivity contribution < 1.29 is 13.2 Å². The molecular formula is C25H29N3O3S2. The van der Waals surface area contributed by atoms with Crippen molar-refractivity contribution in [1.29, 1.82) is 0 Å². The van der Waals surface area contributed by atoms with E-state index in [4.69, 9.17) is 0 Å². The Morgan fingerprint density at radius 2 is 1.73 bits per heavy atom. The van der Waals surface area contributed by atoms with E-state index < -0.39 is 16.1 Å². The van der Waals surface area contributed by atoms with Crippen LogP contribution >= 0.6 is 11.3 Å². The average molecular weight is 484 g/mol. The van der Waals surface area contributed by atoms with Crippen LogP contribution in [-0.2, 0) is 27.8 Å². The second kappa shape index (κ2) is 11.1. The fourth-order valence-corrected chi connectivity index (χ4v) is 6.44. The van der Waals surface area contributed by atoms with E-state index in [1.54, 1.807) is 41.7 Å². The number of nitrogens with zero attached hydrogens (tertiary/aromatic N) is 1. The maximum Gasteiger partial charge on any atom is 0.243 e. The highest BCUT2D eigenvalue weighted by Crippen LogP contribution is 2.25. The largest absolute Gasteiger partial charge is 0.339 e. The normalized spacial score (nSPS) is 18.0. The Kier molecular flexibility index (Phi) is 7.93. The van der Waals surface area contributed by atoms with Crippen LogP contribution in [0.5, 0.6) is 0 Å². The van der Waals surface area contributed by atoms with Crippen LogP contribution in [0.1, 0.15) is 29.7 Å². The topological polar surface area (TPSA) is 78.5 Å². The Morgan fingerprint density at radius 1 is 1.00 bits per heavy atom. The molecule has 0 bridgehead atoms. The lowest BCUT2D eigenvalue weighted by molar-refractivity contribution is -0.126. The minimum absolute atomic E-state index is 0.223. The summed E-state index contributed by atoms with van der Waals surface area (Å²) in [6, 6.07) is 21.7. The van der Waals surface area contributed by atoms with Crippen LogP contribution in [0.25, 0.3) is 0 Å². The van der Waals surface area contributed by atoms with Gasteiger partial charge in [0.15, 0.2) is 0 Å². The molecule has 8 heteroatoms. The van der Waals surface area contributed by atoms with Crippen LogP contribution in [0, 0.1) is 0 Å². The number of carbonyl (C=O) groups is 1. The monoisotopic (exact) mass is 483 g/mol. The number of piperidine rings is 1. The molecule has 2 heterocycles. The average Bonchev–Trinajstić information content (AvgIpc) is 3.37. The highest BCUT2D eigenvalue weighted by Gasteiger charge is 2.38. The zero-order valence-electron chi connectivity index (χ0n) is 18.4. The van der Waals surface area contributed by atoms with Gasteiger partial charge in [-0.3, -0.25) is 10.1 Å². The number of benzene rings is 2. The fourth-order valence-electron chi connectivity index (χ4n) is 4.11. The Bertz CT molecular complexity index is 1120. The van der Waals surface area contributed by atoms with Crippen LogP contribution in [0.3, 0.4) is 0 Å². The Morgan fingerprint density at radius 3 is 2.42 bits per heavy atom. The van der Waals surface area contributed by atoms with E-state index in [0.29, 0.717) is 25.9 Å². The smallest absolute Gasteiger partial charge is 0.243 e. The molecule has 0 saturated carbocycles. The second-order valence-corrected chi connectivity index (χ2v) is 11.1. The first-order valence-electron chi connectivity index (χ1n) is 11.2. The number of thiophene rings is 1. The summed E-state index contributed by atoms with van der Waals surface area (Å²) in [6.07, 6.45) is 2.38. The van der Waals surface area contributed by atoms with Crippen molar-refractivity contribution in [1.82, 2.24) is 14.9 Å². The van der Waals surface area contributed by atoms with E-state index >= 15 is 0 Å². The van der Waals surface area contributed by atoms with Crippen molar-refractivity contribution in [2.24, 2.45) is 0 Å². The molecule has 1 aromatic heterocycles. The van der Waals surface area contributed by atoms with Gasteiger partial charge >= 0.3 is 0 Å². The molecule has 6 nitrogen and oxygen atoms in total. The highest BCUT2D eigenvalue weighted by atomic mass is 32.2. The molecule has 2 N–H and O–H groups in total. The quantitative estimate of drug-likeness (QED) is 0.454. The van der Waals surface area contributed by atoms with E-state index in [2.05, 4.69) is 10.6 Å². The molecule has 1 fully saturated rings. The standard InChI is InChI=1S/C25H29N3O3S2/c29-25(23-15-7-8-16-28(23)33(30,31)22-13-5-2-6-14-22)27-24(18-20-10-3-1-4-11-20)26-19-21-12-9-17-32-21/h1-6,9-14,17,23-24,26H,7-8,15-16,18-19H2,(H,27,29)/t23-,24-/m0/s1. The van der Waals surface area contributed by atoms with Gasteiger partial charge in [-0.15, -0.1) is 11.3 Å². The molecule has 1 aliphatic rings. The summed E-state index contributed by atoms with van der Waals surface area (Å²) in [5, 5.41) is 8.56. The fraction of sp³-hybridized carbons (Fsp3) is 0.320. The van der Waals surface area contributed by atoms with Crippen LogP contribution in [0.4, 0.5) is 0 Å². The number of hydrogen-bond acceptors (Lipinski definition) is 5. The lowest BCUT2D eigenvalue weighted by atomic mass is 10.0. The Labute approximate surface area is 199 Å². The number of carbonyl (C=O) groups excluding carboxylic acids is 1. The van der Waals surface area contributed by atoms with E-state index in [-0.39, 0.29) is 17.0 Å². The third-order valence-corrected chi connectivity index (χ3v) is 8.61. The Balaban J connectivity index is 1.51. The van der Waals surface area contributed by atoms with Crippen LogP contribution in [0.15, 0.2) is 83.1 Å². The van der Waals surface area contributed by atoms with Crippen molar-refractivity contribution in [3.8, 4) is 0 Å². The van der Waals surface area contributed by atoms with Crippen molar-refractivity contribution in [2.75, 3.05) is 6.54 Å². The molecule has 1 aliphatic heterocycles. The van der Waals surface area contributed by atoms with Crippen molar-refractivity contribution in [2.45, 2.75) is 49.3 Å². The maximum atomic E-state index is 13.4. The zero-order chi connectivity index (χ0) is 23.1. The number of nitrogens with one attached hydrogen (secondary N) is 2. The van der Waals surface area contributed by atoms with Gasteiger partial charge in [0.2, 0.25) is 15.9 Å². The molecule has 0 spiro atoms.